The Morgan fingerprint density at radius 1 is 0.957 bits per heavy atom. The Morgan fingerprint density at radius 3 is 2.33 bits per heavy atom. The number of amidine groups is 1. The maximum atomic E-state index is 13.0. The van der Waals surface area contributed by atoms with Crippen LogP contribution in [-0.2, 0) is 4.79 Å². The van der Waals surface area contributed by atoms with Gasteiger partial charge in [-0.15, -0.1) is 31.4 Å². The van der Waals surface area contributed by atoms with Gasteiger partial charge in [-0.3, -0.25) is 9.69 Å². The Labute approximate surface area is 260 Å². The van der Waals surface area contributed by atoms with E-state index in [1.807, 2.05) is 0 Å². The minimum atomic E-state index is -5.00. The molecule has 3 aromatic carbocycles. The van der Waals surface area contributed by atoms with Crippen LogP contribution in [-0.4, -0.2) is 50.3 Å². The van der Waals surface area contributed by atoms with Crippen LogP contribution in [0.5, 0.6) is 11.5 Å². The molecule has 0 spiro atoms. The summed E-state index contributed by atoms with van der Waals surface area (Å²) < 4.78 is 85.3. The largest absolute Gasteiger partial charge is 0.573 e. The lowest BCUT2D eigenvalue weighted by Crippen LogP contribution is -2.31. The van der Waals surface area contributed by atoms with Crippen molar-refractivity contribution in [3.05, 3.63) is 90.0 Å². The molecule has 0 atom stereocenters. The van der Waals surface area contributed by atoms with Crippen LogP contribution in [0.3, 0.4) is 0 Å². The highest BCUT2D eigenvalue weighted by molar-refractivity contribution is 8.15. The van der Waals surface area contributed by atoms with Gasteiger partial charge in [-0.25, -0.2) is 14.5 Å². The molecule has 0 radical (unpaired) electrons. The number of aliphatic imine (C=N–C) groups is 1. The van der Waals surface area contributed by atoms with E-state index >= 15 is 0 Å². The lowest BCUT2D eigenvalue weighted by molar-refractivity contribution is -0.275. The highest BCUT2D eigenvalue weighted by atomic mass is 32.2. The van der Waals surface area contributed by atoms with Gasteiger partial charge in [-0.1, -0.05) is 36.0 Å². The number of anilines is 2. The van der Waals surface area contributed by atoms with E-state index in [2.05, 4.69) is 29.9 Å². The molecule has 1 N–H and O–H groups in total. The SMILES string of the molecule is Cc1ccc(OC(F)(F)F)c(N2C(=O)CSC2=NC(=O)Nc2ccc(C=Cc3ncn(-c4ccc(OC(F)(F)F)cc4)n3)cc2)c1. The molecule has 238 valence electrons. The fourth-order valence-electron chi connectivity index (χ4n) is 4.06. The first-order valence-electron chi connectivity index (χ1n) is 13.0. The molecule has 1 aliphatic rings. The van der Waals surface area contributed by atoms with Gasteiger partial charge in [0.15, 0.2) is 16.7 Å². The zero-order chi connectivity index (χ0) is 33.1. The van der Waals surface area contributed by atoms with Crippen LogP contribution in [0, 0.1) is 6.92 Å². The Balaban J connectivity index is 1.22. The Kier molecular flexibility index (Phi) is 9.04. The number of carbonyl (C=O) groups excluding carboxylic acids is 2. The third kappa shape index (κ3) is 8.44. The van der Waals surface area contributed by atoms with Gasteiger partial charge in [0, 0.05) is 5.69 Å². The summed E-state index contributed by atoms with van der Waals surface area (Å²) in [5.41, 5.74) is 1.88. The number of benzene rings is 3. The second kappa shape index (κ2) is 13.0. The third-order valence-corrected chi connectivity index (χ3v) is 6.90. The summed E-state index contributed by atoms with van der Waals surface area (Å²) in [6.45, 7) is 1.63. The second-order valence-electron chi connectivity index (χ2n) is 9.41. The van der Waals surface area contributed by atoms with Crippen molar-refractivity contribution in [3.63, 3.8) is 0 Å². The first-order chi connectivity index (χ1) is 21.7. The number of rotatable bonds is 7. The molecule has 1 saturated heterocycles. The number of ether oxygens (including phenoxy) is 2. The van der Waals surface area contributed by atoms with Crippen LogP contribution in [0.1, 0.15) is 17.0 Å². The summed E-state index contributed by atoms with van der Waals surface area (Å²) in [6, 6.07) is 14.5. The van der Waals surface area contributed by atoms with Crippen molar-refractivity contribution in [3.8, 4) is 17.2 Å². The number of alkyl halides is 6. The van der Waals surface area contributed by atoms with E-state index < -0.39 is 30.4 Å². The van der Waals surface area contributed by atoms with Crippen molar-refractivity contribution >= 4 is 52.4 Å². The number of thioether (sulfide) groups is 1. The molecule has 1 aliphatic heterocycles. The van der Waals surface area contributed by atoms with E-state index in [1.54, 1.807) is 43.3 Å². The number of halogens is 6. The lowest BCUT2D eigenvalue weighted by Gasteiger charge is -2.21. The second-order valence-corrected chi connectivity index (χ2v) is 10.3. The van der Waals surface area contributed by atoms with E-state index in [1.165, 1.54) is 35.3 Å². The number of nitrogens with zero attached hydrogens (tertiary/aromatic N) is 5. The van der Waals surface area contributed by atoms with Gasteiger partial charge < -0.3 is 14.8 Å². The van der Waals surface area contributed by atoms with Gasteiger partial charge in [0.25, 0.3) is 0 Å². The fourth-order valence-corrected chi connectivity index (χ4v) is 4.92. The highest BCUT2D eigenvalue weighted by Gasteiger charge is 2.37. The molecule has 0 bridgehead atoms. The number of hydrogen-bond donors (Lipinski definition) is 1. The topological polar surface area (TPSA) is 111 Å². The average molecular weight is 663 g/mol. The summed E-state index contributed by atoms with van der Waals surface area (Å²) in [4.78, 5) is 34.2. The lowest BCUT2D eigenvalue weighted by atomic mass is 10.2. The van der Waals surface area contributed by atoms with Crippen molar-refractivity contribution in [1.82, 2.24) is 14.8 Å². The van der Waals surface area contributed by atoms with Crippen LogP contribution in [0.15, 0.2) is 78.0 Å². The van der Waals surface area contributed by atoms with Gasteiger partial charge in [0.1, 0.15) is 12.1 Å². The molecule has 2 heterocycles. The zero-order valence-electron chi connectivity index (χ0n) is 23.3. The molecule has 10 nitrogen and oxygen atoms in total. The summed E-state index contributed by atoms with van der Waals surface area (Å²) in [6.07, 6.45) is -5.12. The average Bonchev–Trinajstić information content (AvgIpc) is 3.59. The molecule has 17 heteroatoms. The minimum absolute atomic E-state index is 0.114. The molecule has 3 amide bonds. The third-order valence-electron chi connectivity index (χ3n) is 5.97. The molecule has 46 heavy (non-hydrogen) atoms. The molecule has 1 fully saturated rings. The number of carbonyl (C=O) groups is 2. The van der Waals surface area contributed by atoms with E-state index in [4.69, 9.17) is 0 Å². The van der Waals surface area contributed by atoms with Crippen LogP contribution < -0.4 is 19.7 Å². The minimum Gasteiger partial charge on any atom is -0.406 e. The normalized spacial score (nSPS) is 14.7. The van der Waals surface area contributed by atoms with E-state index in [9.17, 15) is 35.9 Å². The van der Waals surface area contributed by atoms with Gasteiger partial charge >= 0.3 is 18.8 Å². The zero-order valence-corrected chi connectivity index (χ0v) is 24.2. The molecule has 4 aromatic rings. The Morgan fingerprint density at radius 2 is 1.65 bits per heavy atom. The van der Waals surface area contributed by atoms with E-state index in [0.29, 0.717) is 28.3 Å². The predicted molar refractivity (Wildman–Crippen MR) is 158 cm³/mol. The van der Waals surface area contributed by atoms with Crippen molar-refractivity contribution < 1.29 is 45.4 Å². The van der Waals surface area contributed by atoms with Crippen LogP contribution in [0.25, 0.3) is 17.8 Å². The van der Waals surface area contributed by atoms with Crippen molar-refractivity contribution in [1.29, 1.82) is 0 Å². The molecular formula is C29H20F6N6O4S. The molecule has 0 aliphatic carbocycles. The maximum Gasteiger partial charge on any atom is 0.573 e. The number of aromatic nitrogens is 3. The van der Waals surface area contributed by atoms with E-state index in [0.717, 1.165) is 34.9 Å². The van der Waals surface area contributed by atoms with Gasteiger partial charge in [0.05, 0.1) is 17.1 Å². The number of amides is 3. The Bertz CT molecular complexity index is 1800. The molecule has 0 saturated carbocycles. The molecule has 0 unspecified atom stereocenters. The van der Waals surface area contributed by atoms with Crippen molar-refractivity contribution in [2.75, 3.05) is 16.0 Å². The summed E-state index contributed by atoms with van der Waals surface area (Å²) >= 11 is 0.894. The summed E-state index contributed by atoms with van der Waals surface area (Å²) in [5, 5.41) is 6.69. The smallest absolute Gasteiger partial charge is 0.406 e. The monoisotopic (exact) mass is 662 g/mol. The number of aryl methyl sites for hydroxylation is 1. The first-order valence-corrected chi connectivity index (χ1v) is 14.0. The molecule has 5 rings (SSSR count). The predicted octanol–water partition coefficient (Wildman–Crippen LogP) is 7.21. The van der Waals surface area contributed by atoms with Crippen LogP contribution >= 0.6 is 11.8 Å². The Hall–Kier alpha value is -5.32. The van der Waals surface area contributed by atoms with Crippen molar-refractivity contribution in [2.24, 2.45) is 4.99 Å². The number of nitrogens with one attached hydrogen (secondary N) is 1. The summed E-state index contributed by atoms with van der Waals surface area (Å²) in [7, 11) is 0. The number of hydrogen-bond acceptors (Lipinski definition) is 7. The van der Waals surface area contributed by atoms with Gasteiger partial charge in [0.2, 0.25) is 5.91 Å². The quantitative estimate of drug-likeness (QED) is 0.208. The van der Waals surface area contributed by atoms with Crippen LogP contribution in [0.2, 0.25) is 0 Å². The molecule has 1 aromatic heterocycles. The summed E-state index contributed by atoms with van der Waals surface area (Å²) in [5.74, 6) is -1.37. The standard InChI is InChI=1S/C29H20F6N6O4S/c1-17-2-12-23(45-29(33,34)35)22(14-17)41-25(42)15-46-27(41)38-26(43)37-19-6-3-18(4-7-19)5-13-24-36-16-40(39-24)20-8-10-21(11-9-20)44-28(30,31)32/h2-14,16H,15H2,1H3,(H,37,43). The van der Waals surface area contributed by atoms with Gasteiger partial charge in [-0.05, 0) is 72.7 Å². The fraction of sp³-hybridized carbons (Fsp3) is 0.138. The maximum absolute atomic E-state index is 13.0. The van der Waals surface area contributed by atoms with Crippen molar-refractivity contribution in [2.45, 2.75) is 19.6 Å². The van der Waals surface area contributed by atoms with E-state index in [-0.39, 0.29) is 22.4 Å². The first kappa shape index (κ1) is 32.1. The molecular weight excluding hydrogens is 642 g/mol. The van der Waals surface area contributed by atoms with Crippen LogP contribution in [0.4, 0.5) is 42.5 Å². The number of urea groups is 1. The highest BCUT2D eigenvalue weighted by Crippen LogP contribution is 2.38. The van der Waals surface area contributed by atoms with Gasteiger partial charge in [-0.2, -0.15) is 4.99 Å².